The highest BCUT2D eigenvalue weighted by molar-refractivity contribution is 8.26. The van der Waals surface area contributed by atoms with Crippen LogP contribution in [0.1, 0.15) is 11.1 Å². The van der Waals surface area contributed by atoms with Crippen LogP contribution in [0, 0.1) is 5.41 Å². The molecule has 180 valence electrons. The van der Waals surface area contributed by atoms with Crippen molar-refractivity contribution in [3.63, 3.8) is 0 Å². The first-order chi connectivity index (χ1) is 17.0. The highest BCUT2D eigenvalue weighted by Gasteiger charge is 2.35. The van der Waals surface area contributed by atoms with Gasteiger partial charge in [0.25, 0.3) is 5.91 Å². The Hall–Kier alpha value is -4.05. The lowest BCUT2D eigenvalue weighted by molar-refractivity contribution is -0.114. The van der Waals surface area contributed by atoms with Gasteiger partial charge in [-0.3, -0.25) is 10.2 Å². The fourth-order valence-electron chi connectivity index (χ4n) is 3.48. The van der Waals surface area contributed by atoms with Gasteiger partial charge in [0.2, 0.25) is 5.17 Å². The Bertz CT molecular complexity index is 1280. The molecule has 0 fully saturated rings. The van der Waals surface area contributed by atoms with Gasteiger partial charge in [-0.2, -0.15) is 15.1 Å². The Balaban J connectivity index is 1.56. The number of ether oxygens (including phenoxy) is 4. The summed E-state index contributed by atoms with van der Waals surface area (Å²) in [7, 11) is 4.70. The van der Waals surface area contributed by atoms with Gasteiger partial charge in [0.05, 0.1) is 26.9 Å². The van der Waals surface area contributed by atoms with Crippen molar-refractivity contribution in [3.05, 3.63) is 65.8 Å². The summed E-state index contributed by atoms with van der Waals surface area (Å²) in [6.45, 7) is 3.98. The van der Waals surface area contributed by atoms with E-state index >= 15 is 0 Å². The van der Waals surface area contributed by atoms with E-state index in [1.165, 1.54) is 23.9 Å². The second-order valence-electron chi connectivity index (χ2n) is 7.39. The van der Waals surface area contributed by atoms with Crippen molar-refractivity contribution in [1.29, 1.82) is 5.41 Å². The molecule has 2 aromatic carbocycles. The molecule has 2 aliphatic heterocycles. The molecule has 4 rings (SSSR count). The zero-order valence-corrected chi connectivity index (χ0v) is 20.3. The van der Waals surface area contributed by atoms with Gasteiger partial charge in [0.1, 0.15) is 11.7 Å². The Kier molecular flexibility index (Phi) is 7.21. The monoisotopic (exact) mass is 492 g/mol. The molecule has 1 amide bonds. The van der Waals surface area contributed by atoms with Crippen molar-refractivity contribution in [1.82, 2.24) is 5.01 Å². The first-order valence-electron chi connectivity index (χ1n) is 10.6. The number of hydrogen-bond acceptors (Lipinski definition) is 8. The van der Waals surface area contributed by atoms with Crippen molar-refractivity contribution >= 4 is 39.8 Å². The number of hydrazone groups is 1. The number of methoxy groups -OCH3 is 3. The molecule has 0 atom stereocenters. The maximum atomic E-state index is 12.7. The summed E-state index contributed by atoms with van der Waals surface area (Å²) < 4.78 is 21.6. The summed E-state index contributed by atoms with van der Waals surface area (Å²) in [5.41, 5.74) is 1.75. The number of benzene rings is 2. The van der Waals surface area contributed by atoms with Gasteiger partial charge in [0, 0.05) is 6.42 Å². The number of nitrogens with zero attached hydrogens (tertiary/aromatic N) is 3. The van der Waals surface area contributed by atoms with E-state index in [-0.39, 0.29) is 11.4 Å². The Morgan fingerprint density at radius 3 is 2.46 bits per heavy atom. The Labute approximate surface area is 207 Å². The molecule has 1 N–H and O–H groups in total. The predicted octanol–water partition coefficient (Wildman–Crippen LogP) is 4.14. The van der Waals surface area contributed by atoms with E-state index in [0.29, 0.717) is 51.8 Å². The van der Waals surface area contributed by atoms with Crippen LogP contribution in [-0.4, -0.2) is 54.9 Å². The predicted molar refractivity (Wildman–Crippen MR) is 137 cm³/mol. The molecule has 0 unspecified atom stereocenters. The molecule has 0 radical (unpaired) electrons. The van der Waals surface area contributed by atoms with Crippen molar-refractivity contribution in [2.75, 3.05) is 27.9 Å². The maximum Gasteiger partial charge on any atom is 0.283 e. The van der Waals surface area contributed by atoms with Gasteiger partial charge in [-0.15, -0.1) is 0 Å². The molecule has 2 aromatic rings. The number of aliphatic imine (C=N–C) groups is 1. The molecule has 2 heterocycles. The first kappa shape index (κ1) is 24.1. The van der Waals surface area contributed by atoms with Crippen molar-refractivity contribution in [2.45, 2.75) is 6.42 Å². The van der Waals surface area contributed by atoms with Crippen LogP contribution in [0.5, 0.6) is 23.0 Å². The number of amides is 1. The largest absolute Gasteiger partial charge is 0.493 e. The quantitative estimate of drug-likeness (QED) is 0.414. The topological polar surface area (TPSA) is 106 Å². The summed E-state index contributed by atoms with van der Waals surface area (Å²) >= 11 is 1.26. The van der Waals surface area contributed by atoms with E-state index in [4.69, 9.17) is 24.4 Å². The van der Waals surface area contributed by atoms with Crippen LogP contribution in [-0.2, 0) is 11.2 Å². The second-order valence-corrected chi connectivity index (χ2v) is 8.43. The van der Waals surface area contributed by atoms with Crippen LogP contribution in [0.4, 0.5) is 0 Å². The SMILES string of the molecule is C=CCOc1ccc(C=C2C(=N)N3N=C(Cc4ccc(OC)c(OC)c4)SC3=NC2=O)cc1OC. The fourth-order valence-corrected chi connectivity index (χ4v) is 4.40. The van der Waals surface area contributed by atoms with Gasteiger partial charge in [0.15, 0.2) is 28.8 Å². The van der Waals surface area contributed by atoms with Crippen molar-refractivity contribution in [2.24, 2.45) is 10.1 Å². The molecule has 0 saturated heterocycles. The highest BCUT2D eigenvalue weighted by atomic mass is 32.2. The zero-order valence-electron chi connectivity index (χ0n) is 19.5. The smallest absolute Gasteiger partial charge is 0.283 e. The van der Waals surface area contributed by atoms with Crippen LogP contribution in [0.2, 0.25) is 0 Å². The Morgan fingerprint density at radius 2 is 1.74 bits per heavy atom. The molecule has 0 aliphatic carbocycles. The number of hydrogen-bond donors (Lipinski definition) is 1. The van der Waals surface area contributed by atoms with E-state index in [0.717, 1.165) is 5.56 Å². The van der Waals surface area contributed by atoms with E-state index in [1.807, 2.05) is 18.2 Å². The molecule has 0 aromatic heterocycles. The molecule has 2 aliphatic rings. The average Bonchev–Trinajstić information content (AvgIpc) is 3.27. The number of nitrogens with one attached hydrogen (secondary N) is 1. The van der Waals surface area contributed by atoms with Gasteiger partial charge in [-0.05, 0) is 53.2 Å². The summed E-state index contributed by atoms with van der Waals surface area (Å²) in [5.74, 6) is 1.78. The third kappa shape index (κ3) is 5.07. The number of amidine groups is 2. The molecule has 35 heavy (non-hydrogen) atoms. The highest BCUT2D eigenvalue weighted by Crippen LogP contribution is 2.33. The van der Waals surface area contributed by atoms with Crippen molar-refractivity contribution in [3.8, 4) is 23.0 Å². The standard InChI is InChI=1S/C25H24N4O5S/c1-5-10-34-19-9-7-15(12-21(19)33-4)11-17-23(26)29-25(27-24(17)30)35-22(28-29)14-16-6-8-18(31-2)20(13-16)32-3/h5-9,11-13,26H,1,10,14H2,2-4H3. The van der Waals surface area contributed by atoms with Gasteiger partial charge >= 0.3 is 0 Å². The van der Waals surface area contributed by atoms with Crippen LogP contribution in [0.25, 0.3) is 6.08 Å². The molecule has 0 bridgehead atoms. The minimum atomic E-state index is -0.498. The maximum absolute atomic E-state index is 12.7. The average molecular weight is 493 g/mol. The number of thioether (sulfide) groups is 1. The first-order valence-corrected chi connectivity index (χ1v) is 11.4. The summed E-state index contributed by atoms with van der Waals surface area (Å²) in [6.07, 6.45) is 3.72. The van der Waals surface area contributed by atoms with Crippen LogP contribution in [0.3, 0.4) is 0 Å². The minimum absolute atomic E-state index is 0.0410. The third-order valence-electron chi connectivity index (χ3n) is 5.16. The zero-order chi connectivity index (χ0) is 24.9. The molecular formula is C25H24N4O5S. The summed E-state index contributed by atoms with van der Waals surface area (Å²) in [5, 5.41) is 15.6. The summed E-state index contributed by atoms with van der Waals surface area (Å²) in [4.78, 5) is 16.9. The third-order valence-corrected chi connectivity index (χ3v) is 6.06. The number of fused-ring (bicyclic) bond motifs is 1. The molecule has 10 heteroatoms. The van der Waals surface area contributed by atoms with Crippen LogP contribution in [0.15, 0.2) is 64.7 Å². The molecule has 9 nitrogen and oxygen atoms in total. The Morgan fingerprint density at radius 1 is 1.03 bits per heavy atom. The molecular weight excluding hydrogens is 468 g/mol. The summed E-state index contributed by atoms with van der Waals surface area (Å²) in [6, 6.07) is 10.9. The van der Waals surface area contributed by atoms with E-state index in [9.17, 15) is 4.79 Å². The number of carbonyl (C=O) groups is 1. The van der Waals surface area contributed by atoms with Crippen LogP contribution >= 0.6 is 11.8 Å². The minimum Gasteiger partial charge on any atom is -0.493 e. The molecule has 0 spiro atoms. The van der Waals surface area contributed by atoms with Gasteiger partial charge in [-0.25, -0.2) is 0 Å². The fraction of sp³-hybridized carbons (Fsp3) is 0.200. The van der Waals surface area contributed by atoms with Crippen LogP contribution < -0.4 is 18.9 Å². The number of carbonyl (C=O) groups excluding carboxylic acids is 1. The van der Waals surface area contributed by atoms with E-state index in [2.05, 4.69) is 16.7 Å². The normalized spacial score (nSPS) is 16.0. The van der Waals surface area contributed by atoms with Gasteiger partial charge in [-0.1, -0.05) is 24.8 Å². The van der Waals surface area contributed by atoms with E-state index < -0.39 is 5.91 Å². The van der Waals surface area contributed by atoms with E-state index in [1.54, 1.807) is 44.6 Å². The second kappa shape index (κ2) is 10.5. The molecule has 0 saturated carbocycles. The number of rotatable bonds is 9. The lowest BCUT2D eigenvalue weighted by Crippen LogP contribution is -2.35. The lowest BCUT2D eigenvalue weighted by atomic mass is 10.1. The lowest BCUT2D eigenvalue weighted by Gasteiger charge is -2.20. The van der Waals surface area contributed by atoms with Gasteiger partial charge < -0.3 is 18.9 Å². The van der Waals surface area contributed by atoms with Crippen molar-refractivity contribution < 1.29 is 23.7 Å².